The zero-order valence-corrected chi connectivity index (χ0v) is 20.9. The van der Waals surface area contributed by atoms with E-state index < -0.39 is 0 Å². The maximum Gasteiger partial charge on any atom is 0.185 e. The molecule has 0 aromatic heterocycles. The summed E-state index contributed by atoms with van der Waals surface area (Å²) in [7, 11) is 1.66. The van der Waals surface area contributed by atoms with Crippen LogP contribution in [0.15, 0.2) is 92.6 Å². The van der Waals surface area contributed by atoms with Gasteiger partial charge >= 0.3 is 0 Å². The number of benzene rings is 3. The number of rotatable bonds is 8. The molecule has 0 atom stereocenters. The molecule has 3 aromatic carbocycles. The Balaban J connectivity index is 0.00000199. The van der Waals surface area contributed by atoms with Crippen molar-refractivity contribution in [2.45, 2.75) is 27.7 Å². The molecule has 0 aliphatic carbocycles. The quantitative estimate of drug-likeness (QED) is 0.147. The number of carbonyl (C=O) groups excluding carboxylic acids is 1. The van der Waals surface area contributed by atoms with Crippen molar-refractivity contribution in [1.82, 2.24) is 0 Å². The van der Waals surface area contributed by atoms with Crippen molar-refractivity contribution >= 4 is 23.2 Å². The minimum absolute atomic E-state index is 0. The van der Waals surface area contributed by atoms with Crippen LogP contribution in [0.1, 0.15) is 53.4 Å². The van der Waals surface area contributed by atoms with Gasteiger partial charge in [-0.15, -0.1) is 0 Å². The van der Waals surface area contributed by atoms with Gasteiger partial charge in [0.1, 0.15) is 5.76 Å². The number of hydrogen-bond acceptors (Lipinski definition) is 2. The zero-order chi connectivity index (χ0) is 25.3. The summed E-state index contributed by atoms with van der Waals surface area (Å²) in [6.07, 6.45) is 5.14. The molecule has 0 fully saturated rings. The Kier molecular flexibility index (Phi) is 9.58. The SMILES string of the molecule is C=CC(=O)c1ccc(C(=C)/C=C(\OC)c2ccc(-c3ccccc3C=C)c(C)c2)cc1C.CC.[HH]. The summed E-state index contributed by atoms with van der Waals surface area (Å²) >= 11 is 0. The first-order valence-electron chi connectivity index (χ1n) is 11.4. The van der Waals surface area contributed by atoms with Gasteiger partial charge < -0.3 is 4.74 Å². The van der Waals surface area contributed by atoms with Crippen molar-refractivity contribution in [3.05, 3.63) is 126 Å². The lowest BCUT2D eigenvalue weighted by Gasteiger charge is -2.14. The monoisotopic (exact) mass is 452 g/mol. The fourth-order valence-electron chi connectivity index (χ4n) is 3.79. The Morgan fingerprint density at radius 2 is 1.53 bits per heavy atom. The Labute approximate surface area is 206 Å². The van der Waals surface area contributed by atoms with Crippen LogP contribution < -0.4 is 0 Å². The lowest BCUT2D eigenvalue weighted by atomic mass is 9.93. The summed E-state index contributed by atoms with van der Waals surface area (Å²) in [6, 6.07) is 20.2. The van der Waals surface area contributed by atoms with E-state index in [1.54, 1.807) is 7.11 Å². The minimum atomic E-state index is -0.0821. The standard InChI is InChI=1S/C30H28O2.C2H6.H2/c1-7-23-11-9-10-12-28(23)26-15-14-25(18-21(26)4)30(32-6)19-20(3)24-13-16-27(22(5)17-24)29(31)8-2;1-2;/h7-19H,1-3H2,4-6H3;1-2H3;1H/b30-19-;;. The maximum atomic E-state index is 11.9. The van der Waals surface area contributed by atoms with Crippen LogP contribution in [0, 0.1) is 13.8 Å². The second kappa shape index (κ2) is 12.4. The molecule has 34 heavy (non-hydrogen) atoms. The smallest absolute Gasteiger partial charge is 0.185 e. The first-order chi connectivity index (χ1) is 16.4. The topological polar surface area (TPSA) is 26.3 Å². The van der Waals surface area contributed by atoms with Gasteiger partial charge in [-0.25, -0.2) is 0 Å². The predicted octanol–water partition coefficient (Wildman–Crippen LogP) is 8.96. The van der Waals surface area contributed by atoms with Crippen LogP contribution >= 0.6 is 0 Å². The van der Waals surface area contributed by atoms with Crippen LogP contribution in [-0.2, 0) is 4.74 Å². The lowest BCUT2D eigenvalue weighted by molar-refractivity contribution is 0.104. The summed E-state index contributed by atoms with van der Waals surface area (Å²) in [6.45, 7) is 19.7. The Hall–Kier alpha value is -3.91. The van der Waals surface area contributed by atoms with Crippen molar-refractivity contribution in [2.75, 3.05) is 7.11 Å². The Bertz CT molecular complexity index is 1250. The van der Waals surface area contributed by atoms with E-state index in [0.717, 1.165) is 50.3 Å². The van der Waals surface area contributed by atoms with Crippen molar-refractivity contribution in [3.8, 4) is 11.1 Å². The number of ketones is 1. The molecule has 0 saturated heterocycles. The lowest BCUT2D eigenvalue weighted by Crippen LogP contribution is -1.98. The Morgan fingerprint density at radius 3 is 2.12 bits per heavy atom. The molecule has 0 radical (unpaired) electrons. The van der Waals surface area contributed by atoms with Crippen LogP contribution in [0.3, 0.4) is 0 Å². The highest BCUT2D eigenvalue weighted by Gasteiger charge is 2.11. The number of hydrogen-bond donors (Lipinski definition) is 0. The van der Waals surface area contributed by atoms with Gasteiger partial charge in [-0.3, -0.25) is 4.79 Å². The highest BCUT2D eigenvalue weighted by atomic mass is 16.5. The van der Waals surface area contributed by atoms with Crippen molar-refractivity contribution in [3.63, 3.8) is 0 Å². The van der Waals surface area contributed by atoms with E-state index >= 15 is 0 Å². The molecule has 2 nitrogen and oxygen atoms in total. The van der Waals surface area contributed by atoms with E-state index in [2.05, 4.69) is 57.0 Å². The number of methoxy groups -OCH3 is 1. The summed E-state index contributed by atoms with van der Waals surface area (Å²) < 4.78 is 5.70. The molecule has 176 valence electrons. The first-order valence-corrected chi connectivity index (χ1v) is 11.4. The molecular formula is C32H36O2. The van der Waals surface area contributed by atoms with Crippen LogP contribution in [-0.4, -0.2) is 12.9 Å². The molecule has 0 aliphatic rings. The molecular weight excluding hydrogens is 416 g/mol. The number of allylic oxidation sites excluding steroid dienone is 3. The van der Waals surface area contributed by atoms with Crippen LogP contribution in [0.25, 0.3) is 28.5 Å². The van der Waals surface area contributed by atoms with Crippen LogP contribution in [0.4, 0.5) is 0 Å². The summed E-state index contributed by atoms with van der Waals surface area (Å²) in [5.74, 6) is 0.645. The molecule has 0 spiro atoms. The van der Waals surface area contributed by atoms with E-state index in [-0.39, 0.29) is 7.21 Å². The van der Waals surface area contributed by atoms with Gasteiger partial charge in [0.2, 0.25) is 0 Å². The van der Waals surface area contributed by atoms with Gasteiger partial charge in [-0.2, -0.15) is 0 Å². The normalized spacial score (nSPS) is 10.6. The number of aryl methyl sites for hydroxylation is 2. The fourth-order valence-corrected chi connectivity index (χ4v) is 3.79. The highest BCUT2D eigenvalue weighted by molar-refractivity contribution is 6.05. The largest absolute Gasteiger partial charge is 0.496 e. The molecule has 0 bridgehead atoms. The Morgan fingerprint density at radius 1 is 0.882 bits per heavy atom. The van der Waals surface area contributed by atoms with Gasteiger partial charge in [0.25, 0.3) is 0 Å². The molecule has 2 heteroatoms. The third kappa shape index (κ3) is 5.90. The molecule has 0 aliphatic heterocycles. The van der Waals surface area contributed by atoms with Gasteiger partial charge in [0.15, 0.2) is 5.78 Å². The van der Waals surface area contributed by atoms with Gasteiger partial charge in [-0.1, -0.05) is 94.3 Å². The van der Waals surface area contributed by atoms with Crippen LogP contribution in [0.2, 0.25) is 0 Å². The molecule has 3 aromatic rings. The van der Waals surface area contributed by atoms with E-state index in [1.807, 2.05) is 63.3 Å². The first kappa shape index (κ1) is 26.3. The van der Waals surface area contributed by atoms with E-state index in [4.69, 9.17) is 4.74 Å². The van der Waals surface area contributed by atoms with Gasteiger partial charge in [0, 0.05) is 12.6 Å². The third-order valence-electron chi connectivity index (χ3n) is 5.56. The molecule has 0 N–H and O–H groups in total. The summed E-state index contributed by atoms with van der Waals surface area (Å²) in [4.78, 5) is 11.9. The molecule has 3 rings (SSSR count). The van der Waals surface area contributed by atoms with Crippen molar-refractivity contribution in [1.29, 1.82) is 0 Å². The molecule has 0 saturated carbocycles. The number of carbonyl (C=O) groups is 1. The predicted molar refractivity (Wildman–Crippen MR) is 150 cm³/mol. The summed E-state index contributed by atoms with van der Waals surface area (Å²) in [5, 5.41) is 0. The highest BCUT2D eigenvalue weighted by Crippen LogP contribution is 2.31. The van der Waals surface area contributed by atoms with Gasteiger partial charge in [-0.05, 0) is 71.0 Å². The average Bonchev–Trinajstić information content (AvgIpc) is 2.87. The van der Waals surface area contributed by atoms with E-state index in [1.165, 1.54) is 6.08 Å². The van der Waals surface area contributed by atoms with E-state index in [0.29, 0.717) is 5.56 Å². The second-order valence-electron chi connectivity index (χ2n) is 7.66. The molecule has 0 unspecified atom stereocenters. The fraction of sp³-hybridized carbons (Fsp3) is 0.156. The molecule has 0 amide bonds. The molecule has 0 heterocycles. The summed E-state index contributed by atoms with van der Waals surface area (Å²) in [5.41, 5.74) is 8.83. The maximum absolute atomic E-state index is 11.9. The number of ether oxygens (including phenoxy) is 1. The second-order valence-corrected chi connectivity index (χ2v) is 7.66. The van der Waals surface area contributed by atoms with Crippen molar-refractivity contribution < 1.29 is 11.0 Å². The van der Waals surface area contributed by atoms with Gasteiger partial charge in [0.05, 0.1) is 7.11 Å². The van der Waals surface area contributed by atoms with E-state index in [9.17, 15) is 4.79 Å². The third-order valence-corrected chi connectivity index (χ3v) is 5.56. The van der Waals surface area contributed by atoms with Crippen molar-refractivity contribution in [2.24, 2.45) is 0 Å². The average molecular weight is 453 g/mol. The van der Waals surface area contributed by atoms with Crippen LogP contribution in [0.5, 0.6) is 0 Å². The minimum Gasteiger partial charge on any atom is -0.496 e. The zero-order valence-electron chi connectivity index (χ0n) is 20.9.